The largest absolute Gasteiger partial charge is 0.477 e. The van der Waals surface area contributed by atoms with Crippen LogP contribution in [0.3, 0.4) is 0 Å². The average molecular weight is 1010 g/mol. The molecule has 2 atom stereocenters. The number of nitrogens with zero attached hydrogens (tertiary/aromatic N) is 1. The van der Waals surface area contributed by atoms with Crippen molar-refractivity contribution in [2.24, 2.45) is 0 Å². The average Bonchev–Trinajstić information content (AvgIpc) is 3.36. The Morgan fingerprint density at radius 1 is 0.425 bits per heavy atom. The maximum Gasteiger partial charge on any atom is 0.361 e. The van der Waals surface area contributed by atoms with Crippen molar-refractivity contribution < 1.29 is 42.9 Å². The summed E-state index contributed by atoms with van der Waals surface area (Å²) in [5.41, 5.74) is 0. The van der Waals surface area contributed by atoms with E-state index in [9.17, 15) is 19.5 Å². The van der Waals surface area contributed by atoms with E-state index in [-0.39, 0.29) is 32.7 Å². The lowest BCUT2D eigenvalue weighted by molar-refractivity contribution is -0.870. The van der Waals surface area contributed by atoms with Crippen LogP contribution in [0, 0.1) is 0 Å². The van der Waals surface area contributed by atoms with Crippen LogP contribution < -0.4 is 0 Å². The molecule has 0 amide bonds. The molecule has 73 heavy (non-hydrogen) atoms. The monoisotopic (exact) mass is 1010 g/mol. The number of aliphatic carboxylic acids is 1. The maximum absolute atomic E-state index is 12.9. The number of esters is 2. The number of unbranched alkanes of at least 4 members (excludes halogenated alkanes) is 11. The molecule has 0 aliphatic rings. The zero-order valence-electron chi connectivity index (χ0n) is 46.5. The van der Waals surface area contributed by atoms with Crippen molar-refractivity contribution in [3.8, 4) is 0 Å². The number of carboxylic acids is 1. The van der Waals surface area contributed by atoms with E-state index in [4.69, 9.17) is 18.9 Å². The second-order valence-electron chi connectivity index (χ2n) is 19.1. The number of hydrogen-bond donors (Lipinski definition) is 1. The van der Waals surface area contributed by atoms with E-state index in [2.05, 4.69) is 141 Å². The van der Waals surface area contributed by atoms with Gasteiger partial charge in [0.05, 0.1) is 40.8 Å². The molecule has 0 aliphatic carbocycles. The molecule has 0 bridgehead atoms. The Morgan fingerprint density at radius 2 is 0.781 bits per heavy atom. The van der Waals surface area contributed by atoms with Crippen LogP contribution in [0.4, 0.5) is 0 Å². The first-order chi connectivity index (χ1) is 35.6. The van der Waals surface area contributed by atoms with Crippen LogP contribution in [0.25, 0.3) is 0 Å². The van der Waals surface area contributed by atoms with Crippen LogP contribution in [0.2, 0.25) is 0 Å². The van der Waals surface area contributed by atoms with E-state index in [1.54, 1.807) is 6.08 Å². The van der Waals surface area contributed by atoms with Gasteiger partial charge in [-0.3, -0.25) is 9.59 Å². The Balaban J connectivity index is 4.29. The maximum atomic E-state index is 12.9. The molecule has 0 saturated heterocycles. The fourth-order valence-corrected chi connectivity index (χ4v) is 6.89. The number of rotatable bonds is 49. The number of likely N-dealkylation sites (N-methyl/N-ethyl adjacent to an activating group) is 1. The highest BCUT2D eigenvalue weighted by Gasteiger charge is 2.25. The smallest absolute Gasteiger partial charge is 0.361 e. The number of ether oxygens (including phenoxy) is 4. The molecular weight excluding hydrogens is 911 g/mol. The van der Waals surface area contributed by atoms with E-state index < -0.39 is 30.3 Å². The minimum Gasteiger partial charge on any atom is -0.477 e. The first kappa shape index (κ1) is 68.2. The fourth-order valence-electron chi connectivity index (χ4n) is 6.89. The lowest BCUT2D eigenvalue weighted by Gasteiger charge is -2.25. The molecule has 0 fully saturated rings. The summed E-state index contributed by atoms with van der Waals surface area (Å²) in [6.45, 7) is 4.50. The molecule has 0 aromatic rings. The number of carbonyl (C=O) groups excluding carboxylic acids is 2. The molecular formula is C64H102NO8+. The van der Waals surface area contributed by atoms with Gasteiger partial charge in [0.2, 0.25) is 0 Å². The Bertz CT molecular complexity index is 1700. The normalized spacial score (nSPS) is 13.9. The Hall–Kier alpha value is -4.83. The van der Waals surface area contributed by atoms with Gasteiger partial charge in [-0.2, -0.15) is 0 Å². The third-order valence-electron chi connectivity index (χ3n) is 11.1. The first-order valence-electron chi connectivity index (χ1n) is 28.0. The van der Waals surface area contributed by atoms with E-state index in [0.717, 1.165) is 96.3 Å². The quantitative estimate of drug-likeness (QED) is 0.0211. The van der Waals surface area contributed by atoms with Crippen LogP contribution in [-0.2, 0) is 33.3 Å². The fraction of sp³-hybridized carbons (Fsp3) is 0.578. The van der Waals surface area contributed by atoms with E-state index in [1.807, 2.05) is 33.3 Å². The summed E-state index contributed by atoms with van der Waals surface area (Å²) in [5.74, 6) is -2.19. The van der Waals surface area contributed by atoms with Crippen LogP contribution in [0.1, 0.15) is 181 Å². The van der Waals surface area contributed by atoms with Gasteiger partial charge in [-0.1, -0.05) is 217 Å². The van der Waals surface area contributed by atoms with Crippen molar-refractivity contribution in [3.63, 3.8) is 0 Å². The predicted molar refractivity (Wildman–Crippen MR) is 308 cm³/mol. The number of hydrogen-bond acceptors (Lipinski definition) is 7. The zero-order chi connectivity index (χ0) is 53.4. The van der Waals surface area contributed by atoms with E-state index >= 15 is 0 Å². The molecule has 0 rings (SSSR count). The number of quaternary nitrogens is 1. The first-order valence-corrected chi connectivity index (χ1v) is 28.0. The van der Waals surface area contributed by atoms with E-state index in [1.165, 1.54) is 44.9 Å². The summed E-state index contributed by atoms with van der Waals surface area (Å²) in [6.07, 6.45) is 75.3. The summed E-state index contributed by atoms with van der Waals surface area (Å²) in [5, 5.41) is 9.68. The predicted octanol–water partition coefficient (Wildman–Crippen LogP) is 16.4. The highest BCUT2D eigenvalue weighted by Crippen LogP contribution is 2.14. The minimum atomic E-state index is -1.54. The summed E-state index contributed by atoms with van der Waals surface area (Å²) in [4.78, 5) is 37.3. The third-order valence-corrected chi connectivity index (χ3v) is 11.1. The summed E-state index contributed by atoms with van der Waals surface area (Å²) in [7, 11) is 5.93. The lowest BCUT2D eigenvalue weighted by atomic mass is 10.0. The molecule has 0 radical (unpaired) electrons. The Morgan fingerprint density at radius 3 is 1.16 bits per heavy atom. The van der Waals surface area contributed by atoms with E-state index in [0.29, 0.717) is 23.9 Å². The molecule has 0 spiro atoms. The molecule has 0 aliphatic heterocycles. The number of carboxylic acid groups (broad SMARTS) is 1. The molecule has 410 valence electrons. The van der Waals surface area contributed by atoms with Crippen molar-refractivity contribution in [2.45, 2.75) is 193 Å². The second kappa shape index (κ2) is 53.5. The molecule has 9 nitrogen and oxygen atoms in total. The van der Waals surface area contributed by atoms with Crippen molar-refractivity contribution >= 4 is 17.9 Å². The molecule has 2 unspecified atom stereocenters. The highest BCUT2D eigenvalue weighted by atomic mass is 16.7. The number of allylic oxidation sites excluding steroid dienone is 23. The van der Waals surface area contributed by atoms with Crippen molar-refractivity contribution in [2.75, 3.05) is 47.5 Å². The van der Waals surface area contributed by atoms with Gasteiger partial charge >= 0.3 is 17.9 Å². The Kier molecular flexibility index (Phi) is 49.9. The van der Waals surface area contributed by atoms with Crippen molar-refractivity contribution in [1.82, 2.24) is 0 Å². The van der Waals surface area contributed by atoms with Crippen molar-refractivity contribution in [1.29, 1.82) is 0 Å². The van der Waals surface area contributed by atoms with Crippen LogP contribution >= 0.6 is 0 Å². The van der Waals surface area contributed by atoms with Crippen LogP contribution in [-0.4, -0.2) is 87.4 Å². The summed E-state index contributed by atoms with van der Waals surface area (Å²) >= 11 is 0. The minimum absolute atomic E-state index is 0.0616. The summed E-state index contributed by atoms with van der Waals surface area (Å²) < 4.78 is 22.7. The molecule has 0 aromatic carbocycles. The molecule has 9 heteroatoms. The molecule has 0 aromatic heterocycles. The van der Waals surface area contributed by atoms with Gasteiger partial charge in [0.15, 0.2) is 6.10 Å². The topological polar surface area (TPSA) is 108 Å². The standard InChI is InChI=1S/C64H101NO8/c1-6-8-10-12-14-16-18-20-22-23-24-25-26-27-28-29-30-31-32-33-34-35-36-37-38-39-41-43-45-47-49-51-53-55-62(67)73-60(59-72-64(63(68)69)70-57-56-65(3,4)5)58-71-61(66)54-52-50-48-46-44-42-40-21-19-17-15-13-11-9-7-2/h8-11,14-17,20-22,24-25,27-28,30-31,33-34,40,44,46,50,52,60,64H,6-7,12-13,18-19,23,26,29,32,35-39,41-43,45,47-49,51,53-59H2,1-5H3/p+1/b10-8-,11-9-,16-14-,17-15-,22-20-,25-24-,28-27-,31-30-,34-33-,40-21-,46-44-,52-50-. The van der Waals surface area contributed by atoms with Crippen LogP contribution in [0.5, 0.6) is 0 Å². The van der Waals surface area contributed by atoms with Gasteiger partial charge in [0.1, 0.15) is 13.2 Å². The van der Waals surface area contributed by atoms with Gasteiger partial charge in [0.25, 0.3) is 6.29 Å². The second-order valence-corrected chi connectivity index (χ2v) is 19.1. The number of carbonyl (C=O) groups is 3. The molecule has 0 heterocycles. The van der Waals surface area contributed by atoms with Gasteiger partial charge in [-0.15, -0.1) is 0 Å². The van der Waals surface area contributed by atoms with Gasteiger partial charge in [0, 0.05) is 6.42 Å². The zero-order valence-corrected chi connectivity index (χ0v) is 46.5. The van der Waals surface area contributed by atoms with Crippen LogP contribution in [0.15, 0.2) is 146 Å². The lowest BCUT2D eigenvalue weighted by Crippen LogP contribution is -2.40. The SMILES string of the molecule is CC/C=C\C/C=C\C/C=C\C/C=C\C/C=C\C/C=C\C/C=C\CCCCCCCCCCCCCC(=O)OC(COC(=O)C/C=C\C/C=C\C/C=C\C/C=C\C/C=C\CC)COC(OCC[N+](C)(C)C)C(=O)O. The molecule has 0 saturated carbocycles. The molecule has 1 N–H and O–H groups in total. The Labute approximate surface area is 445 Å². The van der Waals surface area contributed by atoms with Gasteiger partial charge < -0.3 is 28.5 Å². The summed E-state index contributed by atoms with van der Waals surface area (Å²) in [6, 6.07) is 0. The van der Waals surface area contributed by atoms with Crippen molar-refractivity contribution in [3.05, 3.63) is 146 Å². The third kappa shape index (κ3) is 54.8. The van der Waals surface area contributed by atoms with Gasteiger partial charge in [-0.25, -0.2) is 4.79 Å². The highest BCUT2D eigenvalue weighted by molar-refractivity contribution is 5.72. The van der Waals surface area contributed by atoms with Gasteiger partial charge in [-0.05, 0) is 96.3 Å².